The fraction of sp³-hybridized carbons (Fsp3) is 0.500. The van der Waals surface area contributed by atoms with Crippen LogP contribution in [0.15, 0.2) is 42.5 Å². The molecule has 2 heterocycles. The largest absolute Gasteiger partial charge is 0.497 e. The number of carbonyl (C=O) groups excluding carboxylic acids is 2. The van der Waals surface area contributed by atoms with Crippen LogP contribution in [-0.2, 0) is 27.4 Å². The smallest absolute Gasteiger partial charge is 0.323 e. The predicted octanol–water partition coefficient (Wildman–Crippen LogP) is 4.00. The van der Waals surface area contributed by atoms with Crippen LogP contribution < -0.4 is 14.2 Å². The summed E-state index contributed by atoms with van der Waals surface area (Å²) in [5, 5.41) is 0. The number of hydrogen-bond acceptors (Lipinski definition) is 7. The van der Waals surface area contributed by atoms with E-state index in [4.69, 9.17) is 18.9 Å². The number of amides is 1. The molecule has 194 valence electrons. The number of benzene rings is 2. The highest BCUT2D eigenvalue weighted by atomic mass is 16.7. The molecule has 0 bridgehead atoms. The number of ether oxygens (including phenoxy) is 4. The summed E-state index contributed by atoms with van der Waals surface area (Å²) in [6.07, 6.45) is 0.938. The topological polar surface area (TPSA) is 77.5 Å². The minimum atomic E-state index is -0.439. The molecule has 1 amide bonds. The molecule has 2 aliphatic heterocycles. The molecule has 0 saturated carbocycles. The number of rotatable bonds is 8. The zero-order valence-corrected chi connectivity index (χ0v) is 21.8. The molecule has 36 heavy (non-hydrogen) atoms. The van der Waals surface area contributed by atoms with Crippen LogP contribution in [0.5, 0.6) is 17.2 Å². The molecule has 0 aliphatic carbocycles. The van der Waals surface area contributed by atoms with Crippen LogP contribution in [0, 0.1) is 5.41 Å². The van der Waals surface area contributed by atoms with Gasteiger partial charge < -0.3 is 23.8 Å². The Kier molecular flexibility index (Phi) is 7.73. The highest BCUT2D eigenvalue weighted by Crippen LogP contribution is 2.34. The average molecular weight is 497 g/mol. The monoisotopic (exact) mass is 496 g/mol. The lowest BCUT2D eigenvalue weighted by atomic mass is 9.91. The molecule has 2 aromatic carbocycles. The predicted molar refractivity (Wildman–Crippen MR) is 135 cm³/mol. The molecule has 0 spiro atoms. The molecule has 2 atom stereocenters. The standard InChI is InChI=1S/C28H36N2O6/c1-28(2,3)14-26(31)30(16-19-6-9-22(33-4)10-7-19)21-13-23(27(32)34-5)29(17-21)15-20-8-11-24-25(12-20)36-18-35-24/h6-12,21,23H,13-18H2,1-5H3/t21-,23+/m1/s1. The molecule has 0 N–H and O–H groups in total. The number of hydrogen-bond donors (Lipinski definition) is 0. The molecule has 4 rings (SSSR count). The van der Waals surface area contributed by atoms with E-state index in [1.807, 2.05) is 47.4 Å². The first-order chi connectivity index (χ1) is 17.2. The molecule has 1 fully saturated rings. The van der Waals surface area contributed by atoms with E-state index in [1.54, 1.807) is 7.11 Å². The maximum Gasteiger partial charge on any atom is 0.323 e. The van der Waals surface area contributed by atoms with Crippen LogP contribution in [0.25, 0.3) is 0 Å². The fourth-order valence-electron chi connectivity index (χ4n) is 4.84. The van der Waals surface area contributed by atoms with Crippen molar-refractivity contribution in [2.75, 3.05) is 27.6 Å². The van der Waals surface area contributed by atoms with Crippen molar-refractivity contribution in [3.63, 3.8) is 0 Å². The summed E-state index contributed by atoms with van der Waals surface area (Å²) in [5.41, 5.74) is 1.88. The molecular weight excluding hydrogens is 460 g/mol. The third-order valence-electron chi connectivity index (χ3n) is 6.63. The van der Waals surface area contributed by atoms with E-state index in [0.29, 0.717) is 38.2 Å². The summed E-state index contributed by atoms with van der Waals surface area (Å²) in [7, 11) is 3.04. The summed E-state index contributed by atoms with van der Waals surface area (Å²) in [6, 6.07) is 13.0. The summed E-state index contributed by atoms with van der Waals surface area (Å²) in [5.74, 6) is 2.00. The third kappa shape index (κ3) is 6.10. The number of esters is 1. The number of methoxy groups -OCH3 is 2. The third-order valence-corrected chi connectivity index (χ3v) is 6.63. The van der Waals surface area contributed by atoms with Gasteiger partial charge in [0.15, 0.2) is 11.5 Å². The normalized spacial score (nSPS) is 19.2. The Labute approximate surface area is 213 Å². The van der Waals surface area contributed by atoms with Crippen molar-refractivity contribution in [1.82, 2.24) is 9.80 Å². The van der Waals surface area contributed by atoms with Gasteiger partial charge in [-0.2, -0.15) is 0 Å². The fourth-order valence-corrected chi connectivity index (χ4v) is 4.84. The Bertz CT molecular complexity index is 1080. The first-order valence-electron chi connectivity index (χ1n) is 12.3. The van der Waals surface area contributed by atoms with E-state index in [0.717, 1.165) is 22.6 Å². The molecule has 8 heteroatoms. The summed E-state index contributed by atoms with van der Waals surface area (Å²) >= 11 is 0. The van der Waals surface area contributed by atoms with Crippen LogP contribution in [0.3, 0.4) is 0 Å². The van der Waals surface area contributed by atoms with Crippen molar-refractivity contribution in [3.05, 3.63) is 53.6 Å². The zero-order chi connectivity index (χ0) is 25.9. The van der Waals surface area contributed by atoms with Gasteiger partial charge in [0.2, 0.25) is 12.7 Å². The summed E-state index contributed by atoms with van der Waals surface area (Å²) < 4.78 is 21.4. The molecular formula is C28H36N2O6. The SMILES string of the molecule is COC(=O)[C@@H]1C[C@@H](N(Cc2ccc(OC)cc2)C(=O)CC(C)(C)C)CN1Cc1ccc2c(c1)OCO2. The van der Waals surface area contributed by atoms with E-state index in [2.05, 4.69) is 25.7 Å². The first kappa shape index (κ1) is 25.8. The number of likely N-dealkylation sites (tertiary alicyclic amines) is 1. The second-order valence-electron chi connectivity index (χ2n) is 10.7. The quantitative estimate of drug-likeness (QED) is 0.511. The van der Waals surface area contributed by atoms with Gasteiger partial charge in [-0.05, 0) is 47.2 Å². The Morgan fingerprint density at radius 1 is 1.03 bits per heavy atom. The van der Waals surface area contributed by atoms with Gasteiger partial charge in [-0.15, -0.1) is 0 Å². The molecule has 0 radical (unpaired) electrons. The molecule has 0 aromatic heterocycles. The van der Waals surface area contributed by atoms with Gasteiger partial charge in [-0.1, -0.05) is 39.0 Å². The molecule has 8 nitrogen and oxygen atoms in total. The van der Waals surface area contributed by atoms with E-state index < -0.39 is 6.04 Å². The Morgan fingerprint density at radius 3 is 2.39 bits per heavy atom. The van der Waals surface area contributed by atoms with E-state index in [-0.39, 0.29) is 30.1 Å². The Hall–Kier alpha value is -3.26. The van der Waals surface area contributed by atoms with Crippen LogP contribution in [0.4, 0.5) is 0 Å². The van der Waals surface area contributed by atoms with E-state index in [1.165, 1.54) is 7.11 Å². The summed E-state index contributed by atoms with van der Waals surface area (Å²) in [4.78, 5) is 30.3. The summed E-state index contributed by atoms with van der Waals surface area (Å²) in [6.45, 7) is 7.98. The van der Waals surface area contributed by atoms with Crippen molar-refractivity contribution < 1.29 is 28.5 Å². The molecule has 2 aliphatic rings. The van der Waals surface area contributed by atoms with Gasteiger partial charge in [0.25, 0.3) is 0 Å². The first-order valence-corrected chi connectivity index (χ1v) is 12.3. The second-order valence-corrected chi connectivity index (χ2v) is 10.7. The lowest BCUT2D eigenvalue weighted by Gasteiger charge is -2.32. The van der Waals surface area contributed by atoms with Gasteiger partial charge in [-0.25, -0.2) is 0 Å². The average Bonchev–Trinajstić information content (AvgIpc) is 3.48. The van der Waals surface area contributed by atoms with Crippen molar-refractivity contribution in [1.29, 1.82) is 0 Å². The maximum absolute atomic E-state index is 13.5. The number of carbonyl (C=O) groups is 2. The van der Waals surface area contributed by atoms with Crippen molar-refractivity contribution in [2.45, 2.75) is 58.8 Å². The number of fused-ring (bicyclic) bond motifs is 1. The van der Waals surface area contributed by atoms with E-state index >= 15 is 0 Å². The highest BCUT2D eigenvalue weighted by molar-refractivity contribution is 5.79. The highest BCUT2D eigenvalue weighted by Gasteiger charge is 2.41. The lowest BCUT2D eigenvalue weighted by Crippen LogP contribution is -2.42. The minimum absolute atomic E-state index is 0.0804. The second kappa shape index (κ2) is 10.8. The van der Waals surface area contributed by atoms with Crippen LogP contribution in [-0.4, -0.2) is 61.3 Å². The van der Waals surface area contributed by atoms with Crippen molar-refractivity contribution >= 4 is 11.9 Å². The van der Waals surface area contributed by atoms with Gasteiger partial charge in [0.05, 0.1) is 14.2 Å². The van der Waals surface area contributed by atoms with Gasteiger partial charge in [-0.3, -0.25) is 14.5 Å². The van der Waals surface area contributed by atoms with Gasteiger partial charge in [0.1, 0.15) is 11.8 Å². The van der Waals surface area contributed by atoms with Gasteiger partial charge >= 0.3 is 5.97 Å². The lowest BCUT2D eigenvalue weighted by molar-refractivity contribution is -0.146. The molecule has 0 unspecified atom stereocenters. The zero-order valence-electron chi connectivity index (χ0n) is 21.8. The Morgan fingerprint density at radius 2 is 1.72 bits per heavy atom. The van der Waals surface area contributed by atoms with Crippen LogP contribution >= 0.6 is 0 Å². The van der Waals surface area contributed by atoms with Crippen molar-refractivity contribution in [3.8, 4) is 17.2 Å². The van der Waals surface area contributed by atoms with Gasteiger partial charge in [0, 0.05) is 32.1 Å². The Balaban J connectivity index is 1.57. The molecule has 2 aromatic rings. The minimum Gasteiger partial charge on any atom is -0.497 e. The van der Waals surface area contributed by atoms with E-state index in [9.17, 15) is 9.59 Å². The number of nitrogens with zero attached hydrogens (tertiary/aromatic N) is 2. The van der Waals surface area contributed by atoms with Crippen LogP contribution in [0.1, 0.15) is 44.7 Å². The maximum atomic E-state index is 13.5. The molecule has 1 saturated heterocycles. The van der Waals surface area contributed by atoms with Crippen LogP contribution in [0.2, 0.25) is 0 Å². The van der Waals surface area contributed by atoms with Crippen molar-refractivity contribution in [2.24, 2.45) is 5.41 Å².